The van der Waals surface area contributed by atoms with Gasteiger partial charge in [0.15, 0.2) is 0 Å². The Bertz CT molecular complexity index is 1050. The van der Waals surface area contributed by atoms with Gasteiger partial charge in [-0.2, -0.15) is 0 Å². The van der Waals surface area contributed by atoms with Crippen LogP contribution >= 0.6 is 23.1 Å². The van der Waals surface area contributed by atoms with Crippen molar-refractivity contribution in [2.75, 3.05) is 22.4 Å². The van der Waals surface area contributed by atoms with E-state index in [9.17, 15) is 13.2 Å². The topological polar surface area (TPSA) is 66.5 Å². The minimum absolute atomic E-state index is 0.196. The van der Waals surface area contributed by atoms with Crippen LogP contribution in [0.3, 0.4) is 0 Å². The smallest absolute Gasteiger partial charge is 0.267 e. The van der Waals surface area contributed by atoms with E-state index in [-0.39, 0.29) is 17.3 Å². The molecule has 0 saturated carbocycles. The molecule has 0 aliphatic carbocycles. The second kappa shape index (κ2) is 8.81. The Hall–Kier alpha value is -2.29. The van der Waals surface area contributed by atoms with Crippen LogP contribution in [0, 0.1) is 0 Å². The van der Waals surface area contributed by atoms with E-state index in [4.69, 9.17) is 0 Å². The predicted octanol–water partition coefficient (Wildman–Crippen LogP) is 4.94. The molecule has 3 rings (SSSR count). The lowest BCUT2D eigenvalue weighted by molar-refractivity contribution is 0.103. The van der Waals surface area contributed by atoms with Gasteiger partial charge in [-0.05, 0) is 61.0 Å². The molecule has 0 aliphatic rings. The normalized spacial score (nSPS) is 11.2. The Morgan fingerprint density at radius 1 is 1.07 bits per heavy atom. The third kappa shape index (κ3) is 4.24. The van der Waals surface area contributed by atoms with Crippen LogP contribution in [0.1, 0.15) is 16.6 Å². The van der Waals surface area contributed by atoms with Crippen molar-refractivity contribution in [3.8, 4) is 0 Å². The van der Waals surface area contributed by atoms with Gasteiger partial charge in [0.1, 0.15) is 4.88 Å². The average Bonchev–Trinajstić information content (AvgIpc) is 3.19. The van der Waals surface area contributed by atoms with Crippen LogP contribution in [0.4, 0.5) is 11.4 Å². The molecule has 8 heteroatoms. The number of nitrogens with one attached hydrogen (secondary N) is 1. The Labute approximate surface area is 173 Å². The summed E-state index contributed by atoms with van der Waals surface area (Å²) in [6.45, 7) is 1.97. The van der Waals surface area contributed by atoms with Crippen molar-refractivity contribution >= 4 is 50.4 Å². The fourth-order valence-corrected chi connectivity index (χ4v) is 5.48. The van der Waals surface area contributed by atoms with Gasteiger partial charge >= 0.3 is 0 Å². The molecule has 1 N–H and O–H groups in total. The van der Waals surface area contributed by atoms with Crippen molar-refractivity contribution in [2.24, 2.45) is 0 Å². The zero-order chi connectivity index (χ0) is 20.1. The lowest BCUT2D eigenvalue weighted by atomic mass is 10.3. The van der Waals surface area contributed by atoms with Crippen molar-refractivity contribution in [1.82, 2.24) is 0 Å². The molecule has 3 aromatic rings. The molecule has 0 unspecified atom stereocenters. The maximum Gasteiger partial charge on any atom is 0.267 e. The van der Waals surface area contributed by atoms with E-state index in [1.54, 1.807) is 60.5 Å². The summed E-state index contributed by atoms with van der Waals surface area (Å²) in [5, 5.41) is 4.57. The molecule has 0 atom stereocenters. The van der Waals surface area contributed by atoms with E-state index in [0.29, 0.717) is 16.3 Å². The van der Waals surface area contributed by atoms with Gasteiger partial charge in [-0.3, -0.25) is 9.10 Å². The van der Waals surface area contributed by atoms with Gasteiger partial charge in [-0.1, -0.05) is 18.2 Å². The number of sulfonamides is 1. The van der Waals surface area contributed by atoms with Crippen molar-refractivity contribution in [3.63, 3.8) is 0 Å². The first-order chi connectivity index (χ1) is 13.5. The number of nitrogens with zero attached hydrogens (tertiary/aromatic N) is 1. The molecule has 0 aliphatic heterocycles. The number of carbonyl (C=O) groups excluding carboxylic acids is 1. The van der Waals surface area contributed by atoms with Crippen molar-refractivity contribution in [2.45, 2.75) is 16.7 Å². The van der Waals surface area contributed by atoms with Gasteiger partial charge in [-0.25, -0.2) is 8.42 Å². The maximum absolute atomic E-state index is 13.1. The molecule has 0 bridgehead atoms. The maximum atomic E-state index is 13.1. The number of thiophene rings is 1. The molecule has 0 spiro atoms. The molecule has 5 nitrogen and oxygen atoms in total. The summed E-state index contributed by atoms with van der Waals surface area (Å²) in [7, 11) is -3.75. The van der Waals surface area contributed by atoms with Crippen LogP contribution in [0.5, 0.6) is 0 Å². The van der Waals surface area contributed by atoms with Crippen LogP contribution in [0.25, 0.3) is 0 Å². The Morgan fingerprint density at radius 3 is 2.36 bits per heavy atom. The summed E-state index contributed by atoms with van der Waals surface area (Å²) in [4.78, 5) is 14.5. The third-order valence-corrected chi connectivity index (χ3v) is 7.63. The third-order valence-electron chi connectivity index (χ3n) is 4.09. The summed E-state index contributed by atoms with van der Waals surface area (Å²) in [6, 6.07) is 17.4. The highest BCUT2D eigenvalue weighted by molar-refractivity contribution is 7.98. The largest absolute Gasteiger partial charge is 0.321 e. The standard InChI is InChI=1S/C20H20N2O3S3/c1-3-22(28(24,25)17-7-5-4-6-8-17)18-13-14-27-19(18)20(23)21-15-9-11-16(26-2)12-10-15/h4-14H,3H2,1-2H3,(H,21,23). The second-order valence-electron chi connectivity index (χ2n) is 5.80. The number of hydrogen-bond donors (Lipinski definition) is 1. The van der Waals surface area contributed by atoms with Gasteiger partial charge in [0.05, 0.1) is 10.6 Å². The van der Waals surface area contributed by atoms with Crippen LogP contribution in [-0.2, 0) is 10.0 Å². The Kier molecular flexibility index (Phi) is 6.43. The molecule has 28 heavy (non-hydrogen) atoms. The number of rotatable bonds is 7. The average molecular weight is 433 g/mol. The number of amides is 1. The van der Waals surface area contributed by atoms with Gasteiger partial charge in [0.2, 0.25) is 0 Å². The molecule has 0 radical (unpaired) electrons. The second-order valence-corrected chi connectivity index (χ2v) is 9.46. The molecule has 1 aromatic heterocycles. The Morgan fingerprint density at radius 2 is 1.75 bits per heavy atom. The van der Waals surface area contributed by atoms with Crippen LogP contribution in [0.15, 0.2) is 75.8 Å². The minimum atomic E-state index is -3.75. The van der Waals surface area contributed by atoms with Gasteiger partial charge < -0.3 is 5.32 Å². The van der Waals surface area contributed by atoms with Crippen LogP contribution < -0.4 is 9.62 Å². The quantitative estimate of drug-likeness (QED) is 0.537. The summed E-state index contributed by atoms with van der Waals surface area (Å²) >= 11 is 2.84. The van der Waals surface area contributed by atoms with E-state index in [1.807, 2.05) is 30.5 Å². The molecular formula is C20H20N2O3S3. The summed E-state index contributed by atoms with van der Waals surface area (Å²) < 4.78 is 27.4. The first-order valence-electron chi connectivity index (χ1n) is 8.58. The Balaban J connectivity index is 1.89. The highest BCUT2D eigenvalue weighted by Gasteiger charge is 2.28. The summed E-state index contributed by atoms with van der Waals surface area (Å²) in [5.41, 5.74) is 1.05. The summed E-state index contributed by atoms with van der Waals surface area (Å²) in [6.07, 6.45) is 1.98. The first kappa shape index (κ1) is 20.4. The van der Waals surface area contributed by atoms with Gasteiger partial charge in [0, 0.05) is 17.1 Å². The molecule has 2 aromatic carbocycles. The highest BCUT2D eigenvalue weighted by atomic mass is 32.2. The van der Waals surface area contributed by atoms with E-state index < -0.39 is 10.0 Å². The van der Waals surface area contributed by atoms with E-state index in [2.05, 4.69) is 5.32 Å². The SMILES string of the molecule is CCN(c1ccsc1C(=O)Nc1ccc(SC)cc1)S(=O)(=O)c1ccccc1. The van der Waals surface area contributed by atoms with E-state index >= 15 is 0 Å². The van der Waals surface area contributed by atoms with Crippen molar-refractivity contribution in [1.29, 1.82) is 0 Å². The minimum Gasteiger partial charge on any atom is -0.321 e. The number of thioether (sulfide) groups is 1. The molecule has 1 amide bonds. The van der Waals surface area contributed by atoms with Crippen LogP contribution in [0.2, 0.25) is 0 Å². The van der Waals surface area contributed by atoms with Crippen molar-refractivity contribution in [3.05, 3.63) is 70.9 Å². The predicted molar refractivity (Wildman–Crippen MR) is 117 cm³/mol. The zero-order valence-corrected chi connectivity index (χ0v) is 17.9. The molecule has 146 valence electrons. The monoisotopic (exact) mass is 432 g/mol. The van der Waals surface area contributed by atoms with Crippen molar-refractivity contribution < 1.29 is 13.2 Å². The first-order valence-corrected chi connectivity index (χ1v) is 12.1. The lowest BCUT2D eigenvalue weighted by Crippen LogP contribution is -2.32. The number of carbonyl (C=O) groups is 1. The van der Waals surface area contributed by atoms with E-state index in [1.165, 1.54) is 15.6 Å². The molecule has 0 saturated heterocycles. The van der Waals surface area contributed by atoms with Gasteiger partial charge in [0.25, 0.3) is 15.9 Å². The molecule has 1 heterocycles. The van der Waals surface area contributed by atoms with E-state index in [0.717, 1.165) is 4.90 Å². The fourth-order valence-electron chi connectivity index (χ4n) is 2.72. The fraction of sp³-hybridized carbons (Fsp3) is 0.150. The lowest BCUT2D eigenvalue weighted by Gasteiger charge is -2.23. The van der Waals surface area contributed by atoms with Crippen LogP contribution in [-0.4, -0.2) is 27.1 Å². The number of hydrogen-bond acceptors (Lipinski definition) is 5. The molecule has 0 fully saturated rings. The molecular weight excluding hydrogens is 412 g/mol. The summed E-state index contributed by atoms with van der Waals surface area (Å²) in [5.74, 6) is -0.330. The highest BCUT2D eigenvalue weighted by Crippen LogP contribution is 2.31. The van der Waals surface area contributed by atoms with Gasteiger partial charge in [-0.15, -0.1) is 23.1 Å². The number of benzene rings is 2. The zero-order valence-electron chi connectivity index (χ0n) is 15.5. The number of anilines is 2.